The summed E-state index contributed by atoms with van der Waals surface area (Å²) < 4.78 is 5.22. The van der Waals surface area contributed by atoms with Crippen LogP contribution in [-0.2, 0) is 9.53 Å². The van der Waals surface area contributed by atoms with E-state index in [9.17, 15) is 9.90 Å². The van der Waals surface area contributed by atoms with Crippen molar-refractivity contribution in [3.8, 4) is 0 Å². The number of nitrogens with zero attached hydrogens (tertiary/aromatic N) is 2. The number of hydrogen-bond donors (Lipinski definition) is 1. The summed E-state index contributed by atoms with van der Waals surface area (Å²) in [6.45, 7) is 13.1. The molecule has 118 valence electrons. The van der Waals surface area contributed by atoms with Crippen molar-refractivity contribution in [2.24, 2.45) is 5.41 Å². The van der Waals surface area contributed by atoms with Gasteiger partial charge in [0.1, 0.15) is 0 Å². The summed E-state index contributed by atoms with van der Waals surface area (Å²) in [5.41, 5.74) is -0.0928. The lowest BCUT2D eigenvalue weighted by Gasteiger charge is -2.38. The molecule has 1 heterocycles. The van der Waals surface area contributed by atoms with Crippen LogP contribution in [0.3, 0.4) is 0 Å². The molecule has 0 aromatic rings. The lowest BCUT2D eigenvalue weighted by atomic mass is 9.89. The topological polar surface area (TPSA) is 53.0 Å². The largest absolute Gasteiger partial charge is 0.391 e. The van der Waals surface area contributed by atoms with E-state index in [4.69, 9.17) is 4.74 Å². The van der Waals surface area contributed by atoms with Crippen LogP contribution in [0.15, 0.2) is 0 Å². The van der Waals surface area contributed by atoms with Gasteiger partial charge in [-0.3, -0.25) is 9.69 Å². The van der Waals surface area contributed by atoms with Gasteiger partial charge in [-0.2, -0.15) is 0 Å². The molecule has 0 aromatic carbocycles. The molecule has 1 fully saturated rings. The zero-order valence-corrected chi connectivity index (χ0v) is 13.4. The minimum absolute atomic E-state index is 0.0928. The molecule has 0 aromatic heterocycles. The number of amides is 1. The average molecular weight is 286 g/mol. The normalized spacial score (nSPS) is 19.1. The highest BCUT2D eigenvalue weighted by atomic mass is 16.5. The molecule has 20 heavy (non-hydrogen) atoms. The fraction of sp³-hybridized carbons (Fsp3) is 0.933. The molecular formula is C15H30N2O3. The summed E-state index contributed by atoms with van der Waals surface area (Å²) >= 11 is 0. The standard InChI is InChI=1S/C15H30N2O3/c1-5-20-11-6-14(19)17-9-7-16(8-10-17)12-13(18)15(2,3)4/h13,18H,5-12H2,1-4H3/t13-/m1/s1. The molecule has 0 unspecified atom stereocenters. The van der Waals surface area contributed by atoms with Crippen molar-refractivity contribution in [2.75, 3.05) is 45.9 Å². The van der Waals surface area contributed by atoms with Gasteiger partial charge in [-0.25, -0.2) is 0 Å². The number of aliphatic hydroxyl groups excluding tert-OH is 1. The Balaban J connectivity index is 2.27. The first-order chi connectivity index (χ1) is 9.34. The highest BCUT2D eigenvalue weighted by Crippen LogP contribution is 2.20. The zero-order chi connectivity index (χ0) is 15.2. The van der Waals surface area contributed by atoms with Crippen LogP contribution in [0.25, 0.3) is 0 Å². The number of β-amino-alcohol motifs (C(OH)–C–C–N with tert-alkyl or cyclic N) is 1. The van der Waals surface area contributed by atoms with Gasteiger partial charge in [-0.15, -0.1) is 0 Å². The van der Waals surface area contributed by atoms with Crippen molar-refractivity contribution in [2.45, 2.75) is 40.2 Å². The fourth-order valence-electron chi connectivity index (χ4n) is 2.16. The van der Waals surface area contributed by atoms with Gasteiger partial charge in [-0.05, 0) is 12.3 Å². The molecule has 5 heteroatoms. The van der Waals surface area contributed by atoms with Crippen molar-refractivity contribution >= 4 is 5.91 Å². The molecule has 0 aliphatic carbocycles. The summed E-state index contributed by atoms with van der Waals surface area (Å²) in [6.07, 6.45) is 0.140. The van der Waals surface area contributed by atoms with Gasteiger partial charge in [0.2, 0.25) is 5.91 Å². The SMILES string of the molecule is CCOCCC(=O)N1CCN(C[C@@H](O)C(C)(C)C)CC1. The summed E-state index contributed by atoms with van der Waals surface area (Å²) in [7, 11) is 0. The zero-order valence-electron chi connectivity index (χ0n) is 13.4. The third-order valence-electron chi connectivity index (χ3n) is 3.82. The molecule has 1 atom stereocenters. The molecule has 1 rings (SSSR count). The van der Waals surface area contributed by atoms with Crippen LogP contribution in [0.1, 0.15) is 34.1 Å². The van der Waals surface area contributed by atoms with Crippen LogP contribution in [0.5, 0.6) is 0 Å². The van der Waals surface area contributed by atoms with Crippen molar-refractivity contribution in [1.82, 2.24) is 9.80 Å². The lowest BCUT2D eigenvalue weighted by Crippen LogP contribution is -2.51. The molecule has 1 saturated heterocycles. The van der Waals surface area contributed by atoms with Crippen LogP contribution in [0, 0.1) is 5.41 Å². The quantitative estimate of drug-likeness (QED) is 0.739. The van der Waals surface area contributed by atoms with E-state index >= 15 is 0 Å². The second kappa shape index (κ2) is 7.96. The summed E-state index contributed by atoms with van der Waals surface area (Å²) in [5, 5.41) is 10.1. The van der Waals surface area contributed by atoms with Crippen LogP contribution < -0.4 is 0 Å². The molecule has 1 aliphatic heterocycles. The van der Waals surface area contributed by atoms with Crippen LogP contribution in [0.2, 0.25) is 0 Å². The monoisotopic (exact) mass is 286 g/mol. The number of carbonyl (C=O) groups excluding carboxylic acids is 1. The van der Waals surface area contributed by atoms with Gasteiger partial charge in [0, 0.05) is 39.3 Å². The van der Waals surface area contributed by atoms with E-state index in [2.05, 4.69) is 4.90 Å². The first-order valence-corrected chi connectivity index (χ1v) is 7.60. The Morgan fingerprint density at radius 1 is 1.25 bits per heavy atom. The van der Waals surface area contributed by atoms with Gasteiger partial charge < -0.3 is 14.7 Å². The highest BCUT2D eigenvalue weighted by Gasteiger charge is 2.27. The molecule has 0 radical (unpaired) electrons. The average Bonchev–Trinajstić information content (AvgIpc) is 2.38. The molecule has 0 saturated carbocycles. The molecule has 0 spiro atoms. The molecule has 1 aliphatic rings. The van der Waals surface area contributed by atoms with Gasteiger partial charge in [0.05, 0.1) is 19.1 Å². The van der Waals surface area contributed by atoms with E-state index in [0.29, 0.717) is 26.2 Å². The Morgan fingerprint density at radius 3 is 2.35 bits per heavy atom. The Morgan fingerprint density at radius 2 is 1.85 bits per heavy atom. The van der Waals surface area contributed by atoms with Crippen molar-refractivity contribution < 1.29 is 14.6 Å². The van der Waals surface area contributed by atoms with Gasteiger partial charge in [-0.1, -0.05) is 20.8 Å². The first-order valence-electron chi connectivity index (χ1n) is 7.60. The molecule has 1 N–H and O–H groups in total. The maximum Gasteiger partial charge on any atom is 0.224 e. The lowest BCUT2D eigenvalue weighted by molar-refractivity contribution is -0.134. The minimum atomic E-state index is -0.331. The maximum absolute atomic E-state index is 11.9. The number of hydrogen-bond acceptors (Lipinski definition) is 4. The number of rotatable bonds is 6. The number of piperazine rings is 1. The highest BCUT2D eigenvalue weighted by molar-refractivity contribution is 5.76. The van der Waals surface area contributed by atoms with E-state index in [1.807, 2.05) is 32.6 Å². The summed E-state index contributed by atoms with van der Waals surface area (Å²) in [5.74, 6) is 0.175. The van der Waals surface area contributed by atoms with Crippen LogP contribution in [0.4, 0.5) is 0 Å². The molecule has 1 amide bonds. The first kappa shape index (κ1) is 17.4. The predicted octanol–water partition coefficient (Wildman–Crippen LogP) is 0.964. The van der Waals surface area contributed by atoms with Gasteiger partial charge in [0.25, 0.3) is 0 Å². The predicted molar refractivity (Wildman–Crippen MR) is 79.6 cm³/mol. The molecule has 5 nitrogen and oxygen atoms in total. The van der Waals surface area contributed by atoms with Crippen molar-refractivity contribution in [3.63, 3.8) is 0 Å². The Hall–Kier alpha value is -0.650. The van der Waals surface area contributed by atoms with Crippen LogP contribution in [-0.4, -0.2) is 72.9 Å². The van der Waals surface area contributed by atoms with Gasteiger partial charge >= 0.3 is 0 Å². The summed E-state index contributed by atoms with van der Waals surface area (Å²) in [6, 6.07) is 0. The Labute approximate surface area is 122 Å². The molecular weight excluding hydrogens is 256 g/mol. The van der Waals surface area contributed by atoms with E-state index < -0.39 is 0 Å². The van der Waals surface area contributed by atoms with Gasteiger partial charge in [0.15, 0.2) is 0 Å². The number of carbonyl (C=O) groups is 1. The van der Waals surface area contributed by atoms with E-state index in [-0.39, 0.29) is 17.4 Å². The summed E-state index contributed by atoms with van der Waals surface area (Å²) in [4.78, 5) is 16.1. The smallest absolute Gasteiger partial charge is 0.224 e. The third-order valence-corrected chi connectivity index (χ3v) is 3.82. The maximum atomic E-state index is 11.9. The van der Waals surface area contributed by atoms with Crippen molar-refractivity contribution in [3.05, 3.63) is 0 Å². The number of aliphatic hydroxyl groups is 1. The Bertz CT molecular complexity index is 294. The van der Waals surface area contributed by atoms with E-state index in [0.717, 1.165) is 26.2 Å². The minimum Gasteiger partial charge on any atom is -0.391 e. The Kier molecular flexibility index (Phi) is 6.92. The molecule has 0 bridgehead atoms. The second-order valence-corrected chi connectivity index (χ2v) is 6.51. The number of ether oxygens (including phenoxy) is 1. The van der Waals surface area contributed by atoms with E-state index in [1.165, 1.54) is 0 Å². The van der Waals surface area contributed by atoms with Crippen LogP contribution >= 0.6 is 0 Å². The van der Waals surface area contributed by atoms with E-state index in [1.54, 1.807) is 0 Å². The second-order valence-electron chi connectivity index (χ2n) is 6.51. The van der Waals surface area contributed by atoms with Crippen molar-refractivity contribution in [1.29, 1.82) is 0 Å². The third kappa shape index (κ3) is 5.77. The fourth-order valence-corrected chi connectivity index (χ4v) is 2.16.